The Labute approximate surface area is 133 Å². The van der Waals surface area contributed by atoms with Crippen molar-refractivity contribution in [3.05, 3.63) is 34.3 Å². The lowest BCUT2D eigenvalue weighted by Crippen LogP contribution is -2.49. The summed E-state index contributed by atoms with van der Waals surface area (Å²) in [5.74, 6) is -1.13. The van der Waals surface area contributed by atoms with E-state index >= 15 is 0 Å². The molecule has 0 radical (unpaired) electrons. The number of nitrogens with zero attached hydrogens (tertiary/aromatic N) is 1. The lowest BCUT2D eigenvalue weighted by molar-refractivity contribution is -0.140. The molecule has 0 aliphatic rings. The molecule has 2 amide bonds. The Morgan fingerprint density at radius 1 is 1.43 bits per heavy atom. The summed E-state index contributed by atoms with van der Waals surface area (Å²) >= 11 is 3.38. The van der Waals surface area contributed by atoms with E-state index in [0.717, 1.165) is 10.0 Å². The molecule has 116 valence electrons. The average molecular weight is 357 g/mol. The monoisotopic (exact) mass is 356 g/mol. The number of nitrogens with one attached hydrogen (secondary N) is 1. The van der Waals surface area contributed by atoms with E-state index in [1.54, 1.807) is 7.05 Å². The third kappa shape index (κ3) is 5.38. The van der Waals surface area contributed by atoms with Gasteiger partial charge < -0.3 is 15.3 Å². The van der Waals surface area contributed by atoms with E-state index in [2.05, 4.69) is 21.2 Å². The van der Waals surface area contributed by atoms with E-state index in [-0.39, 0.29) is 11.9 Å². The van der Waals surface area contributed by atoms with E-state index in [0.29, 0.717) is 13.0 Å². The Bertz CT molecular complexity index is 507. The third-order valence-electron chi connectivity index (χ3n) is 3.41. The van der Waals surface area contributed by atoms with Crippen molar-refractivity contribution in [1.29, 1.82) is 0 Å². The molecule has 2 atom stereocenters. The molecule has 6 heteroatoms. The highest BCUT2D eigenvalue weighted by molar-refractivity contribution is 9.10. The Balaban J connectivity index is 2.67. The zero-order valence-electron chi connectivity index (χ0n) is 12.5. The minimum Gasteiger partial charge on any atom is -0.480 e. The fraction of sp³-hybridized carbons (Fsp3) is 0.467. The van der Waals surface area contributed by atoms with Crippen LogP contribution < -0.4 is 5.32 Å². The van der Waals surface area contributed by atoms with Crippen LogP contribution in [-0.4, -0.2) is 35.1 Å². The largest absolute Gasteiger partial charge is 0.480 e. The molecule has 2 unspecified atom stereocenters. The van der Waals surface area contributed by atoms with Crippen LogP contribution in [-0.2, 0) is 11.3 Å². The summed E-state index contributed by atoms with van der Waals surface area (Å²) in [5, 5.41) is 11.8. The summed E-state index contributed by atoms with van der Waals surface area (Å²) in [6, 6.07) is 6.39. The molecule has 1 aromatic rings. The van der Waals surface area contributed by atoms with Crippen molar-refractivity contribution in [3.63, 3.8) is 0 Å². The van der Waals surface area contributed by atoms with Crippen molar-refractivity contribution in [2.75, 3.05) is 7.05 Å². The number of halogens is 1. The summed E-state index contributed by atoms with van der Waals surface area (Å²) < 4.78 is 0.942. The number of rotatable bonds is 6. The first-order valence-corrected chi connectivity index (χ1v) is 7.63. The first-order chi connectivity index (χ1) is 9.85. The highest BCUT2D eigenvalue weighted by Gasteiger charge is 2.26. The van der Waals surface area contributed by atoms with Gasteiger partial charge in [0.25, 0.3) is 0 Å². The van der Waals surface area contributed by atoms with Gasteiger partial charge in [-0.05, 0) is 23.6 Å². The molecular weight excluding hydrogens is 336 g/mol. The predicted octanol–water partition coefficient (Wildman–Crippen LogP) is 3.09. The summed E-state index contributed by atoms with van der Waals surface area (Å²) in [4.78, 5) is 24.8. The summed E-state index contributed by atoms with van der Waals surface area (Å²) in [5.41, 5.74) is 0.970. The van der Waals surface area contributed by atoms with Crippen molar-refractivity contribution in [2.45, 2.75) is 32.9 Å². The number of carbonyl (C=O) groups excluding carboxylic acids is 1. The number of hydrogen-bond acceptors (Lipinski definition) is 2. The molecule has 0 aromatic heterocycles. The van der Waals surface area contributed by atoms with Gasteiger partial charge in [0, 0.05) is 18.1 Å². The van der Waals surface area contributed by atoms with E-state index in [4.69, 9.17) is 0 Å². The Morgan fingerprint density at radius 3 is 2.62 bits per heavy atom. The highest BCUT2D eigenvalue weighted by atomic mass is 79.9. The smallest absolute Gasteiger partial charge is 0.326 e. The molecule has 0 saturated carbocycles. The molecule has 0 heterocycles. The van der Waals surface area contributed by atoms with Gasteiger partial charge >= 0.3 is 12.0 Å². The first-order valence-electron chi connectivity index (χ1n) is 6.84. The van der Waals surface area contributed by atoms with Gasteiger partial charge in [-0.15, -0.1) is 0 Å². The van der Waals surface area contributed by atoms with Crippen LogP contribution in [0.3, 0.4) is 0 Å². The highest BCUT2D eigenvalue weighted by Crippen LogP contribution is 2.13. The van der Waals surface area contributed by atoms with Crippen molar-refractivity contribution in [1.82, 2.24) is 10.2 Å². The molecule has 2 N–H and O–H groups in total. The fourth-order valence-electron chi connectivity index (χ4n) is 1.91. The number of carbonyl (C=O) groups is 2. The molecule has 1 aromatic carbocycles. The number of hydrogen-bond donors (Lipinski definition) is 2. The molecule has 0 aliphatic carbocycles. The average Bonchev–Trinajstić information content (AvgIpc) is 2.43. The van der Waals surface area contributed by atoms with E-state index in [1.165, 1.54) is 4.90 Å². The molecule has 5 nitrogen and oxygen atoms in total. The summed E-state index contributed by atoms with van der Waals surface area (Å²) in [6.45, 7) is 4.13. The van der Waals surface area contributed by atoms with Crippen LogP contribution in [0, 0.1) is 5.92 Å². The molecule has 0 fully saturated rings. The maximum Gasteiger partial charge on any atom is 0.326 e. The standard InChI is InChI=1S/C15H21BrN2O3/c1-4-10(2)13(14(19)20)17-15(21)18(3)9-11-6-5-7-12(16)8-11/h5-8,10,13H,4,9H2,1-3H3,(H,17,21)(H,19,20). The maximum atomic E-state index is 12.1. The number of benzene rings is 1. The van der Waals surface area contributed by atoms with Crippen LogP contribution in [0.2, 0.25) is 0 Å². The predicted molar refractivity (Wildman–Crippen MR) is 85.0 cm³/mol. The van der Waals surface area contributed by atoms with Gasteiger partial charge in [-0.3, -0.25) is 0 Å². The quantitative estimate of drug-likeness (QED) is 0.822. The van der Waals surface area contributed by atoms with E-state index < -0.39 is 12.0 Å². The van der Waals surface area contributed by atoms with Crippen molar-refractivity contribution in [3.8, 4) is 0 Å². The lowest BCUT2D eigenvalue weighted by Gasteiger charge is -2.24. The molecule has 0 saturated heterocycles. The maximum absolute atomic E-state index is 12.1. The molecule has 21 heavy (non-hydrogen) atoms. The Morgan fingerprint density at radius 2 is 2.10 bits per heavy atom. The van der Waals surface area contributed by atoms with Crippen LogP contribution in [0.5, 0.6) is 0 Å². The number of carboxylic acids is 1. The zero-order chi connectivity index (χ0) is 16.0. The lowest BCUT2D eigenvalue weighted by atomic mass is 9.99. The van der Waals surface area contributed by atoms with Crippen molar-refractivity contribution < 1.29 is 14.7 Å². The summed E-state index contributed by atoms with van der Waals surface area (Å²) in [6.07, 6.45) is 0.687. The van der Waals surface area contributed by atoms with Gasteiger partial charge in [-0.2, -0.15) is 0 Å². The first kappa shape index (κ1) is 17.5. The second kappa shape index (κ2) is 8.02. The molecule has 0 aliphatic heterocycles. The number of carboxylic acid groups (broad SMARTS) is 1. The van der Waals surface area contributed by atoms with Crippen LogP contribution in [0.1, 0.15) is 25.8 Å². The normalized spacial score (nSPS) is 13.3. The molecule has 0 spiro atoms. The van der Waals surface area contributed by atoms with Gasteiger partial charge in [0.1, 0.15) is 6.04 Å². The summed E-state index contributed by atoms with van der Waals surface area (Å²) in [7, 11) is 1.64. The van der Waals surface area contributed by atoms with Crippen LogP contribution >= 0.6 is 15.9 Å². The number of amides is 2. The third-order valence-corrected chi connectivity index (χ3v) is 3.91. The molecule has 1 rings (SSSR count). The SMILES string of the molecule is CCC(C)C(NC(=O)N(C)Cc1cccc(Br)c1)C(=O)O. The fourth-order valence-corrected chi connectivity index (χ4v) is 2.35. The van der Waals surface area contributed by atoms with Gasteiger partial charge in [0.15, 0.2) is 0 Å². The minimum atomic E-state index is -1.01. The molecule has 0 bridgehead atoms. The van der Waals surface area contributed by atoms with Gasteiger partial charge in [-0.1, -0.05) is 48.3 Å². The van der Waals surface area contributed by atoms with E-state index in [1.807, 2.05) is 38.1 Å². The van der Waals surface area contributed by atoms with Crippen molar-refractivity contribution in [2.24, 2.45) is 5.92 Å². The minimum absolute atomic E-state index is 0.120. The second-order valence-corrected chi connectivity index (χ2v) is 6.05. The zero-order valence-corrected chi connectivity index (χ0v) is 14.1. The Kier molecular flexibility index (Phi) is 6.68. The van der Waals surface area contributed by atoms with Crippen LogP contribution in [0.25, 0.3) is 0 Å². The van der Waals surface area contributed by atoms with Gasteiger partial charge in [0.05, 0.1) is 0 Å². The molecular formula is C15H21BrN2O3. The number of urea groups is 1. The second-order valence-electron chi connectivity index (χ2n) is 5.14. The van der Waals surface area contributed by atoms with Crippen LogP contribution in [0.15, 0.2) is 28.7 Å². The topological polar surface area (TPSA) is 69.6 Å². The van der Waals surface area contributed by atoms with Crippen molar-refractivity contribution >= 4 is 27.9 Å². The van der Waals surface area contributed by atoms with Gasteiger partial charge in [0.2, 0.25) is 0 Å². The van der Waals surface area contributed by atoms with Crippen LogP contribution in [0.4, 0.5) is 4.79 Å². The Hall–Kier alpha value is -1.56. The van der Waals surface area contributed by atoms with Gasteiger partial charge in [-0.25, -0.2) is 9.59 Å². The van der Waals surface area contributed by atoms with E-state index in [9.17, 15) is 14.7 Å². The number of aliphatic carboxylic acids is 1.